The molecule has 0 spiro atoms. The maximum Gasteiger partial charge on any atom is -0.0262 e. The Morgan fingerprint density at radius 3 is 2.13 bits per heavy atom. The van der Waals surface area contributed by atoms with Gasteiger partial charge in [0.2, 0.25) is 0 Å². The van der Waals surface area contributed by atoms with Crippen LogP contribution in [0.25, 0.3) is 0 Å². The first-order valence-electron chi connectivity index (χ1n) is 5.34. The van der Waals surface area contributed by atoms with E-state index in [-0.39, 0.29) is 0 Å². The summed E-state index contributed by atoms with van der Waals surface area (Å²) in [4.78, 5) is 0. The largest absolute Gasteiger partial charge is 0.0912 e. The van der Waals surface area contributed by atoms with Crippen molar-refractivity contribution in [2.75, 3.05) is 0 Å². The van der Waals surface area contributed by atoms with Crippen LogP contribution in [0.2, 0.25) is 0 Å². The van der Waals surface area contributed by atoms with E-state index in [1.807, 2.05) is 18.2 Å². The Morgan fingerprint density at radius 1 is 1.07 bits per heavy atom. The van der Waals surface area contributed by atoms with Crippen LogP contribution in [0.5, 0.6) is 0 Å². The molecule has 0 bridgehead atoms. The van der Waals surface area contributed by atoms with E-state index >= 15 is 0 Å². The lowest BCUT2D eigenvalue weighted by Gasteiger charge is -1.99. The van der Waals surface area contributed by atoms with Gasteiger partial charge in [-0.05, 0) is 38.3 Å². The first kappa shape index (κ1) is 13.7. The van der Waals surface area contributed by atoms with Crippen LogP contribution in [-0.2, 0) is 0 Å². The molecule has 0 radical (unpaired) electrons. The molecule has 0 amide bonds. The van der Waals surface area contributed by atoms with E-state index in [2.05, 4.69) is 46.9 Å². The lowest BCUT2D eigenvalue weighted by atomic mass is 10.1. The standard InChI is InChI=1S/C15H22/c1-7-13(4)9-8-10-14(5)15(6)11-12(2)3/h8-11H,5-7H2,1-4H3/b10-8-,13-9+. The van der Waals surface area contributed by atoms with Crippen LogP contribution < -0.4 is 0 Å². The Balaban J connectivity index is 4.39. The lowest BCUT2D eigenvalue weighted by molar-refractivity contribution is 1.10. The molecule has 0 saturated carbocycles. The van der Waals surface area contributed by atoms with E-state index in [1.165, 1.54) is 11.1 Å². The topological polar surface area (TPSA) is 0 Å². The fourth-order valence-corrected chi connectivity index (χ4v) is 0.995. The van der Waals surface area contributed by atoms with Gasteiger partial charge in [-0.25, -0.2) is 0 Å². The van der Waals surface area contributed by atoms with E-state index in [0.29, 0.717) is 0 Å². The fraction of sp³-hybridized carbons (Fsp3) is 0.333. The first-order valence-corrected chi connectivity index (χ1v) is 5.34. The fourth-order valence-electron chi connectivity index (χ4n) is 0.995. The Morgan fingerprint density at radius 2 is 1.67 bits per heavy atom. The van der Waals surface area contributed by atoms with Gasteiger partial charge < -0.3 is 0 Å². The summed E-state index contributed by atoms with van der Waals surface area (Å²) in [6.45, 7) is 16.3. The van der Waals surface area contributed by atoms with Crippen LogP contribution in [0.15, 0.2) is 59.8 Å². The molecule has 0 rings (SSSR count). The second-order valence-electron chi connectivity index (χ2n) is 4.00. The minimum absolute atomic E-state index is 0.969. The van der Waals surface area contributed by atoms with E-state index in [0.717, 1.165) is 17.6 Å². The van der Waals surface area contributed by atoms with Gasteiger partial charge >= 0.3 is 0 Å². The highest BCUT2D eigenvalue weighted by Gasteiger charge is 1.91. The molecule has 15 heavy (non-hydrogen) atoms. The van der Waals surface area contributed by atoms with Crippen LogP contribution in [0.1, 0.15) is 34.1 Å². The zero-order chi connectivity index (χ0) is 11.8. The maximum atomic E-state index is 3.97. The van der Waals surface area contributed by atoms with Gasteiger partial charge in [-0.1, -0.05) is 55.5 Å². The normalized spacial score (nSPS) is 11.6. The third-order valence-electron chi connectivity index (χ3n) is 2.11. The predicted molar refractivity (Wildman–Crippen MR) is 70.9 cm³/mol. The molecular formula is C15H22. The molecule has 82 valence electrons. The second kappa shape index (κ2) is 7.05. The summed E-state index contributed by atoms with van der Waals surface area (Å²) < 4.78 is 0. The van der Waals surface area contributed by atoms with Gasteiger partial charge in [0.15, 0.2) is 0 Å². The van der Waals surface area contributed by atoms with Crippen molar-refractivity contribution in [3.8, 4) is 0 Å². The highest BCUT2D eigenvalue weighted by Crippen LogP contribution is 2.11. The molecule has 0 N–H and O–H groups in total. The zero-order valence-corrected chi connectivity index (χ0v) is 10.4. The molecule has 0 atom stereocenters. The van der Waals surface area contributed by atoms with Gasteiger partial charge in [-0.15, -0.1) is 0 Å². The number of hydrogen-bond donors (Lipinski definition) is 0. The first-order chi connectivity index (χ1) is 6.97. The summed E-state index contributed by atoms with van der Waals surface area (Å²) in [5.74, 6) is 0. The van der Waals surface area contributed by atoms with Crippen molar-refractivity contribution < 1.29 is 0 Å². The Bertz CT molecular complexity index is 318. The van der Waals surface area contributed by atoms with Crippen LogP contribution in [-0.4, -0.2) is 0 Å². The smallest absolute Gasteiger partial charge is 0.0262 e. The molecule has 0 fully saturated rings. The van der Waals surface area contributed by atoms with Crippen molar-refractivity contribution in [2.45, 2.75) is 34.1 Å². The zero-order valence-electron chi connectivity index (χ0n) is 10.4. The summed E-state index contributed by atoms with van der Waals surface area (Å²) in [6, 6.07) is 0. The summed E-state index contributed by atoms with van der Waals surface area (Å²) >= 11 is 0. The Kier molecular flexibility index (Phi) is 6.44. The molecule has 0 aliphatic rings. The highest BCUT2D eigenvalue weighted by atomic mass is 14.0. The molecule has 0 saturated heterocycles. The molecule has 0 aromatic heterocycles. The van der Waals surface area contributed by atoms with Crippen LogP contribution >= 0.6 is 0 Å². The van der Waals surface area contributed by atoms with Crippen LogP contribution in [0, 0.1) is 0 Å². The number of rotatable bonds is 5. The lowest BCUT2D eigenvalue weighted by Crippen LogP contribution is -1.79. The molecule has 0 heterocycles. The van der Waals surface area contributed by atoms with Gasteiger partial charge in [0.05, 0.1) is 0 Å². The summed E-state index contributed by atoms with van der Waals surface area (Å²) in [5, 5.41) is 0. The molecule has 0 aromatic rings. The van der Waals surface area contributed by atoms with E-state index < -0.39 is 0 Å². The third kappa shape index (κ3) is 6.73. The predicted octanol–water partition coefficient (Wildman–Crippen LogP) is 4.98. The second-order valence-corrected chi connectivity index (χ2v) is 4.00. The van der Waals surface area contributed by atoms with E-state index in [4.69, 9.17) is 0 Å². The van der Waals surface area contributed by atoms with Gasteiger partial charge in [0.25, 0.3) is 0 Å². The van der Waals surface area contributed by atoms with Crippen molar-refractivity contribution in [3.05, 3.63) is 59.8 Å². The average Bonchev–Trinajstić information content (AvgIpc) is 2.16. The third-order valence-corrected chi connectivity index (χ3v) is 2.11. The van der Waals surface area contributed by atoms with Crippen LogP contribution in [0.3, 0.4) is 0 Å². The molecule has 0 heteroatoms. The monoisotopic (exact) mass is 202 g/mol. The van der Waals surface area contributed by atoms with Gasteiger partial charge in [0.1, 0.15) is 0 Å². The van der Waals surface area contributed by atoms with Gasteiger partial charge in [-0.3, -0.25) is 0 Å². The summed E-state index contributed by atoms with van der Waals surface area (Å²) in [5.41, 5.74) is 4.56. The molecule has 0 nitrogen and oxygen atoms in total. The number of hydrogen-bond acceptors (Lipinski definition) is 0. The molecular weight excluding hydrogens is 180 g/mol. The van der Waals surface area contributed by atoms with E-state index in [9.17, 15) is 0 Å². The van der Waals surface area contributed by atoms with Gasteiger partial charge in [0, 0.05) is 0 Å². The van der Waals surface area contributed by atoms with Crippen LogP contribution in [0.4, 0.5) is 0 Å². The minimum Gasteiger partial charge on any atom is -0.0912 e. The quantitative estimate of drug-likeness (QED) is 0.552. The molecule has 0 aliphatic heterocycles. The van der Waals surface area contributed by atoms with Crippen molar-refractivity contribution in [1.82, 2.24) is 0 Å². The van der Waals surface area contributed by atoms with Crippen molar-refractivity contribution in [3.63, 3.8) is 0 Å². The van der Waals surface area contributed by atoms with Crippen molar-refractivity contribution in [2.24, 2.45) is 0 Å². The number of allylic oxidation sites excluding steroid dienone is 8. The summed E-state index contributed by atoms with van der Waals surface area (Å²) in [7, 11) is 0. The Labute approximate surface area is 94.4 Å². The average molecular weight is 202 g/mol. The molecule has 0 aliphatic carbocycles. The molecule has 0 unspecified atom stereocenters. The van der Waals surface area contributed by atoms with Gasteiger partial charge in [-0.2, -0.15) is 0 Å². The summed E-state index contributed by atoms with van der Waals surface area (Å²) in [6.07, 6.45) is 9.28. The Hall–Kier alpha value is -1.30. The van der Waals surface area contributed by atoms with E-state index in [1.54, 1.807) is 0 Å². The molecule has 0 aromatic carbocycles. The van der Waals surface area contributed by atoms with Crippen molar-refractivity contribution >= 4 is 0 Å². The minimum atomic E-state index is 0.969. The highest BCUT2D eigenvalue weighted by molar-refractivity contribution is 5.44. The SMILES string of the molecule is C=C(C=C(C)C)C(=C)/C=C\C=C(/C)CC. The van der Waals surface area contributed by atoms with Crippen molar-refractivity contribution in [1.29, 1.82) is 0 Å². The maximum absolute atomic E-state index is 3.97.